The molecule has 0 amide bonds. The number of benzene rings is 1. The minimum atomic E-state index is -3.14. The zero-order chi connectivity index (χ0) is 17.7. The maximum Gasteiger partial charge on any atom is 0.211 e. The highest BCUT2D eigenvalue weighted by atomic mass is 32.2. The molecule has 0 spiro atoms. The summed E-state index contributed by atoms with van der Waals surface area (Å²) in [6, 6.07) is 5.51. The first-order chi connectivity index (χ1) is 11.3. The average molecular weight is 354 g/mol. The zero-order valence-corrected chi connectivity index (χ0v) is 15.4. The van der Waals surface area contributed by atoms with Crippen LogP contribution in [-0.4, -0.2) is 62.4 Å². The largest absolute Gasteiger partial charge is 0.494 e. The summed E-state index contributed by atoms with van der Waals surface area (Å²) in [6.07, 6.45) is 2.05. The van der Waals surface area contributed by atoms with Crippen molar-refractivity contribution in [3.63, 3.8) is 0 Å². The van der Waals surface area contributed by atoms with E-state index in [1.807, 2.05) is 19.1 Å². The van der Waals surface area contributed by atoms with Crippen LogP contribution in [-0.2, 0) is 16.6 Å². The smallest absolute Gasteiger partial charge is 0.211 e. The second kappa shape index (κ2) is 8.09. The van der Waals surface area contributed by atoms with Crippen molar-refractivity contribution in [3.05, 3.63) is 29.3 Å². The van der Waals surface area contributed by atoms with Gasteiger partial charge in [0.1, 0.15) is 5.75 Å². The quantitative estimate of drug-likeness (QED) is 0.728. The number of rotatable bonds is 6. The monoisotopic (exact) mass is 354 g/mol. The van der Waals surface area contributed by atoms with Gasteiger partial charge in [-0.25, -0.2) is 12.7 Å². The highest BCUT2D eigenvalue weighted by Crippen LogP contribution is 2.23. The van der Waals surface area contributed by atoms with Crippen molar-refractivity contribution < 1.29 is 17.9 Å². The van der Waals surface area contributed by atoms with Gasteiger partial charge in [-0.3, -0.25) is 9.69 Å². The molecule has 24 heavy (non-hydrogen) atoms. The van der Waals surface area contributed by atoms with Gasteiger partial charge >= 0.3 is 0 Å². The van der Waals surface area contributed by atoms with Gasteiger partial charge in [0.15, 0.2) is 5.78 Å². The molecule has 0 atom stereocenters. The molecule has 1 heterocycles. The number of carbonyl (C=O) groups excluding carboxylic acids is 1. The maximum atomic E-state index is 11.7. The predicted octanol–water partition coefficient (Wildman–Crippen LogP) is 1.76. The molecule has 0 radical (unpaired) electrons. The molecule has 1 aromatic carbocycles. The predicted molar refractivity (Wildman–Crippen MR) is 93.9 cm³/mol. The third kappa shape index (κ3) is 5.03. The van der Waals surface area contributed by atoms with Crippen LogP contribution in [0.25, 0.3) is 0 Å². The summed E-state index contributed by atoms with van der Waals surface area (Å²) in [7, 11) is -3.14. The fourth-order valence-electron chi connectivity index (χ4n) is 2.90. The van der Waals surface area contributed by atoms with Crippen LogP contribution in [0.4, 0.5) is 0 Å². The molecule has 0 unspecified atom stereocenters. The Bertz CT molecular complexity index is 688. The molecule has 1 fully saturated rings. The van der Waals surface area contributed by atoms with E-state index in [-0.39, 0.29) is 5.78 Å². The fourth-order valence-corrected chi connectivity index (χ4v) is 3.77. The van der Waals surface area contributed by atoms with Gasteiger partial charge in [0.2, 0.25) is 10.0 Å². The summed E-state index contributed by atoms with van der Waals surface area (Å²) in [5.41, 5.74) is 1.64. The van der Waals surface area contributed by atoms with Gasteiger partial charge in [-0.1, -0.05) is 0 Å². The van der Waals surface area contributed by atoms with Crippen molar-refractivity contribution in [2.75, 3.05) is 39.0 Å². The first-order valence-corrected chi connectivity index (χ1v) is 10.1. The summed E-state index contributed by atoms with van der Waals surface area (Å²) in [4.78, 5) is 13.9. The van der Waals surface area contributed by atoms with E-state index in [0.717, 1.165) is 24.3 Å². The van der Waals surface area contributed by atoms with Crippen molar-refractivity contribution >= 4 is 15.8 Å². The standard InChI is InChI=1S/C17H26N2O4S/c1-4-23-17-7-6-15(14(2)20)12-16(17)13-18-8-5-9-19(11-10-18)24(3,21)22/h6-7,12H,4-5,8-11,13H2,1-3H3. The lowest BCUT2D eigenvalue weighted by Crippen LogP contribution is -2.34. The zero-order valence-electron chi connectivity index (χ0n) is 14.6. The minimum Gasteiger partial charge on any atom is -0.494 e. The van der Waals surface area contributed by atoms with Crippen LogP contribution >= 0.6 is 0 Å². The van der Waals surface area contributed by atoms with Crippen LogP contribution < -0.4 is 4.74 Å². The SMILES string of the molecule is CCOc1ccc(C(C)=O)cc1CN1CCCN(S(C)(=O)=O)CC1. The molecule has 134 valence electrons. The summed E-state index contributed by atoms with van der Waals surface area (Å²) in [5, 5.41) is 0. The molecule has 0 aromatic heterocycles. The lowest BCUT2D eigenvalue weighted by atomic mass is 10.1. The number of Topliss-reactive ketones (excluding diaryl/α,β-unsaturated/α-hetero) is 1. The van der Waals surface area contributed by atoms with Crippen LogP contribution in [0.1, 0.15) is 36.2 Å². The van der Waals surface area contributed by atoms with E-state index in [0.29, 0.717) is 38.3 Å². The second-order valence-corrected chi connectivity index (χ2v) is 8.09. The fraction of sp³-hybridized carbons (Fsp3) is 0.588. The van der Waals surface area contributed by atoms with Gasteiger partial charge in [0.25, 0.3) is 0 Å². The first-order valence-electron chi connectivity index (χ1n) is 8.25. The van der Waals surface area contributed by atoms with E-state index in [4.69, 9.17) is 4.74 Å². The molecular weight excluding hydrogens is 328 g/mol. The number of hydrogen-bond acceptors (Lipinski definition) is 5. The van der Waals surface area contributed by atoms with Crippen molar-refractivity contribution in [3.8, 4) is 5.75 Å². The van der Waals surface area contributed by atoms with Crippen LogP contribution in [0.15, 0.2) is 18.2 Å². The topological polar surface area (TPSA) is 66.9 Å². The normalized spacial score (nSPS) is 17.5. The molecular formula is C17H26N2O4S. The third-order valence-electron chi connectivity index (χ3n) is 4.18. The summed E-state index contributed by atoms with van der Waals surface area (Å²) in [6.45, 7) is 7.23. The van der Waals surface area contributed by atoms with Crippen molar-refractivity contribution in [2.45, 2.75) is 26.8 Å². The van der Waals surface area contributed by atoms with Gasteiger partial charge in [-0.05, 0) is 45.0 Å². The average Bonchev–Trinajstić information content (AvgIpc) is 2.74. The summed E-state index contributed by atoms with van der Waals surface area (Å²) >= 11 is 0. The Hall–Kier alpha value is -1.44. The highest BCUT2D eigenvalue weighted by Gasteiger charge is 2.22. The number of nitrogens with zero attached hydrogens (tertiary/aromatic N) is 2. The number of sulfonamides is 1. The number of ether oxygens (including phenoxy) is 1. The third-order valence-corrected chi connectivity index (χ3v) is 5.48. The summed E-state index contributed by atoms with van der Waals surface area (Å²) < 4.78 is 30.6. The lowest BCUT2D eigenvalue weighted by molar-refractivity contribution is 0.101. The molecule has 0 N–H and O–H groups in total. The van der Waals surface area contributed by atoms with Gasteiger partial charge in [-0.2, -0.15) is 0 Å². The van der Waals surface area contributed by atoms with Crippen LogP contribution in [0.5, 0.6) is 5.75 Å². The Kier molecular flexibility index (Phi) is 6.37. The second-order valence-electron chi connectivity index (χ2n) is 6.10. The molecule has 6 nitrogen and oxygen atoms in total. The molecule has 0 bridgehead atoms. The van der Waals surface area contributed by atoms with Gasteiger partial charge in [-0.15, -0.1) is 0 Å². The first kappa shape index (κ1) is 18.9. The van der Waals surface area contributed by atoms with Crippen LogP contribution in [0.2, 0.25) is 0 Å². The van der Waals surface area contributed by atoms with Crippen LogP contribution in [0.3, 0.4) is 0 Å². The highest BCUT2D eigenvalue weighted by molar-refractivity contribution is 7.88. The molecule has 1 aromatic rings. The van der Waals surface area contributed by atoms with Crippen molar-refractivity contribution in [1.29, 1.82) is 0 Å². The minimum absolute atomic E-state index is 0.0263. The Labute approximate surface area is 144 Å². The van der Waals surface area contributed by atoms with Gasteiger partial charge < -0.3 is 4.74 Å². The van der Waals surface area contributed by atoms with E-state index in [2.05, 4.69) is 4.90 Å². The summed E-state index contributed by atoms with van der Waals surface area (Å²) in [5.74, 6) is 0.810. The number of ketones is 1. The van der Waals surface area contributed by atoms with Gasteiger partial charge in [0.05, 0.1) is 12.9 Å². The maximum absolute atomic E-state index is 11.7. The Morgan fingerprint density at radius 3 is 2.58 bits per heavy atom. The molecule has 7 heteroatoms. The molecule has 1 aliphatic heterocycles. The molecule has 2 rings (SSSR count). The number of carbonyl (C=O) groups is 1. The molecule has 0 saturated carbocycles. The molecule has 1 aliphatic rings. The van der Waals surface area contributed by atoms with Crippen molar-refractivity contribution in [2.24, 2.45) is 0 Å². The van der Waals surface area contributed by atoms with E-state index >= 15 is 0 Å². The van der Waals surface area contributed by atoms with E-state index in [9.17, 15) is 13.2 Å². The van der Waals surface area contributed by atoms with E-state index in [1.165, 1.54) is 10.6 Å². The van der Waals surface area contributed by atoms with Crippen LogP contribution in [0, 0.1) is 0 Å². The van der Waals surface area contributed by atoms with Gasteiger partial charge in [0, 0.05) is 37.3 Å². The van der Waals surface area contributed by atoms with E-state index in [1.54, 1.807) is 13.0 Å². The Morgan fingerprint density at radius 1 is 1.21 bits per heavy atom. The van der Waals surface area contributed by atoms with E-state index < -0.39 is 10.0 Å². The lowest BCUT2D eigenvalue weighted by Gasteiger charge is -2.22. The molecule has 1 saturated heterocycles. The molecule has 0 aliphatic carbocycles. The Morgan fingerprint density at radius 2 is 1.96 bits per heavy atom. The Balaban J connectivity index is 2.14. The number of hydrogen-bond donors (Lipinski definition) is 0. The van der Waals surface area contributed by atoms with Crippen molar-refractivity contribution in [1.82, 2.24) is 9.21 Å².